The molecule has 0 heterocycles. The Labute approximate surface area is 174 Å². The molecule has 0 bridgehead atoms. The molecule has 1 aromatic carbocycles. The largest absolute Gasteiger partial charge is 0.514 e. The molecule has 1 aromatic rings. The van der Waals surface area contributed by atoms with Crippen LogP contribution in [0.15, 0.2) is 18.2 Å². The molecule has 0 aliphatic heterocycles. The summed E-state index contributed by atoms with van der Waals surface area (Å²) >= 11 is 0. The first-order chi connectivity index (χ1) is 13.6. The summed E-state index contributed by atoms with van der Waals surface area (Å²) in [7, 11) is 0. The average molecular weight is 424 g/mol. The number of alkyl carbamates (subject to hydrolysis) is 1. The van der Waals surface area contributed by atoms with Gasteiger partial charge in [0.25, 0.3) is 0 Å². The number of primary amides is 1. The smallest absolute Gasteiger partial charge is 0.480 e. The number of carboxylic acids is 1. The summed E-state index contributed by atoms with van der Waals surface area (Å²) in [6, 6.07) is 2.56. The summed E-state index contributed by atoms with van der Waals surface area (Å²) in [5, 5.41) is 11.7. The van der Waals surface area contributed by atoms with Gasteiger partial charge in [-0.3, -0.25) is 4.79 Å². The molecule has 0 unspecified atom stereocenters. The summed E-state index contributed by atoms with van der Waals surface area (Å²) in [4.78, 5) is 47.1. The second kappa shape index (κ2) is 9.47. The van der Waals surface area contributed by atoms with Crippen molar-refractivity contribution in [3.05, 3.63) is 29.3 Å². The number of rotatable bonds is 6. The third-order valence-electron chi connectivity index (χ3n) is 3.35. The minimum Gasteiger partial charge on any atom is -0.480 e. The van der Waals surface area contributed by atoms with Crippen LogP contribution in [0, 0.1) is 0 Å². The SMILES string of the molecule is CC(C)(C)OC(=O)N[C@@H](Cc1ccc(OC(=O)OC(C)(C)C)cc1C(N)=O)C(=O)O. The zero-order valence-electron chi connectivity index (χ0n) is 17.9. The van der Waals surface area contributed by atoms with Crippen LogP contribution in [0.5, 0.6) is 5.75 Å². The van der Waals surface area contributed by atoms with Crippen molar-refractivity contribution in [3.8, 4) is 5.75 Å². The lowest BCUT2D eigenvalue weighted by Gasteiger charge is -2.22. The number of benzene rings is 1. The number of carbonyl (C=O) groups excluding carboxylic acids is 3. The van der Waals surface area contributed by atoms with Crippen molar-refractivity contribution in [2.24, 2.45) is 5.73 Å². The highest BCUT2D eigenvalue weighted by Crippen LogP contribution is 2.21. The van der Waals surface area contributed by atoms with Gasteiger partial charge < -0.3 is 30.4 Å². The molecule has 0 fully saturated rings. The molecule has 1 rings (SSSR count). The molecule has 30 heavy (non-hydrogen) atoms. The average Bonchev–Trinajstić information content (AvgIpc) is 2.51. The van der Waals surface area contributed by atoms with Crippen molar-refractivity contribution in [3.63, 3.8) is 0 Å². The van der Waals surface area contributed by atoms with Gasteiger partial charge >= 0.3 is 18.2 Å². The van der Waals surface area contributed by atoms with Crippen LogP contribution in [0.1, 0.15) is 57.5 Å². The number of hydrogen-bond donors (Lipinski definition) is 3. The predicted molar refractivity (Wildman–Crippen MR) is 106 cm³/mol. The van der Waals surface area contributed by atoms with Crippen LogP contribution in [0.2, 0.25) is 0 Å². The van der Waals surface area contributed by atoms with Gasteiger partial charge in [0, 0.05) is 12.0 Å². The molecular weight excluding hydrogens is 396 g/mol. The highest BCUT2D eigenvalue weighted by atomic mass is 16.7. The standard InChI is InChI=1S/C20H28N2O8/c1-19(2,3)29-17(26)22-14(16(24)25)9-11-7-8-12(10-13(11)15(21)23)28-18(27)30-20(4,5)6/h7-8,10,14H,9H2,1-6H3,(H2,21,23)(H,22,26)(H,24,25)/t14-/m0/s1. The Kier molecular flexibility index (Phi) is 7.80. The number of carbonyl (C=O) groups is 4. The van der Waals surface area contributed by atoms with E-state index in [1.165, 1.54) is 18.2 Å². The Morgan fingerprint density at radius 1 is 1.03 bits per heavy atom. The fourth-order valence-electron chi connectivity index (χ4n) is 2.26. The van der Waals surface area contributed by atoms with Gasteiger partial charge in [0.1, 0.15) is 23.0 Å². The first-order valence-electron chi connectivity index (χ1n) is 9.13. The van der Waals surface area contributed by atoms with Crippen LogP contribution >= 0.6 is 0 Å². The molecular formula is C20H28N2O8. The molecule has 0 aromatic heterocycles. The van der Waals surface area contributed by atoms with Crippen molar-refractivity contribution in [1.82, 2.24) is 5.32 Å². The van der Waals surface area contributed by atoms with E-state index in [2.05, 4.69) is 5.32 Å². The third-order valence-corrected chi connectivity index (χ3v) is 3.35. The van der Waals surface area contributed by atoms with Crippen molar-refractivity contribution in [2.75, 3.05) is 0 Å². The highest BCUT2D eigenvalue weighted by molar-refractivity contribution is 5.95. The van der Waals surface area contributed by atoms with E-state index < -0.39 is 41.4 Å². The summed E-state index contributed by atoms with van der Waals surface area (Å²) < 4.78 is 15.1. The van der Waals surface area contributed by atoms with Crippen LogP contribution in [-0.2, 0) is 20.7 Å². The number of aliphatic carboxylic acids is 1. The van der Waals surface area contributed by atoms with Crippen molar-refractivity contribution in [2.45, 2.75) is 65.2 Å². The minimum absolute atomic E-state index is 0.00576. The highest BCUT2D eigenvalue weighted by Gasteiger charge is 2.26. The molecule has 0 spiro atoms. The van der Waals surface area contributed by atoms with E-state index in [0.29, 0.717) is 0 Å². The molecule has 1 atom stereocenters. The van der Waals surface area contributed by atoms with E-state index in [-0.39, 0.29) is 23.3 Å². The molecule has 0 aliphatic rings. The van der Waals surface area contributed by atoms with Gasteiger partial charge in [-0.1, -0.05) is 6.07 Å². The predicted octanol–water partition coefficient (Wildman–Crippen LogP) is 2.62. The maximum absolute atomic E-state index is 11.9. The van der Waals surface area contributed by atoms with Gasteiger partial charge in [-0.25, -0.2) is 14.4 Å². The molecule has 10 nitrogen and oxygen atoms in total. The fraction of sp³-hybridized carbons (Fsp3) is 0.500. The minimum atomic E-state index is -1.38. The lowest BCUT2D eigenvalue weighted by molar-refractivity contribution is -0.139. The maximum Gasteiger partial charge on any atom is 0.514 e. The van der Waals surface area contributed by atoms with E-state index in [0.717, 1.165) is 0 Å². The molecule has 0 saturated heterocycles. The van der Waals surface area contributed by atoms with Crippen molar-refractivity contribution >= 4 is 24.1 Å². The molecule has 4 N–H and O–H groups in total. The quantitative estimate of drug-likeness (QED) is 0.465. The second-order valence-electron chi connectivity index (χ2n) is 8.49. The lowest BCUT2D eigenvalue weighted by Crippen LogP contribution is -2.44. The van der Waals surface area contributed by atoms with E-state index in [1.807, 2.05) is 0 Å². The van der Waals surface area contributed by atoms with E-state index >= 15 is 0 Å². The normalized spacial score (nSPS) is 12.5. The number of nitrogens with one attached hydrogen (secondary N) is 1. The summed E-state index contributed by atoms with van der Waals surface area (Å²) in [5.74, 6) is -2.19. The van der Waals surface area contributed by atoms with Gasteiger partial charge in [-0.05, 0) is 59.2 Å². The summed E-state index contributed by atoms with van der Waals surface area (Å²) in [6.07, 6.45) is -2.14. The van der Waals surface area contributed by atoms with Gasteiger partial charge in [-0.2, -0.15) is 0 Å². The zero-order chi connectivity index (χ0) is 23.3. The topological polar surface area (TPSA) is 154 Å². The summed E-state index contributed by atoms with van der Waals surface area (Å²) in [5.41, 5.74) is 3.97. The fourth-order valence-corrected chi connectivity index (χ4v) is 2.26. The molecule has 2 amide bonds. The Balaban J connectivity index is 3.03. The van der Waals surface area contributed by atoms with Crippen LogP contribution in [0.25, 0.3) is 0 Å². The molecule has 0 saturated carbocycles. The van der Waals surface area contributed by atoms with Crippen LogP contribution < -0.4 is 15.8 Å². The summed E-state index contributed by atoms with van der Waals surface area (Å²) in [6.45, 7) is 9.90. The van der Waals surface area contributed by atoms with Gasteiger partial charge in [0.15, 0.2) is 0 Å². The Morgan fingerprint density at radius 3 is 2.07 bits per heavy atom. The monoisotopic (exact) mass is 424 g/mol. The molecule has 10 heteroatoms. The third kappa shape index (κ3) is 8.80. The van der Waals surface area contributed by atoms with E-state index in [1.54, 1.807) is 41.5 Å². The van der Waals surface area contributed by atoms with Crippen molar-refractivity contribution in [1.29, 1.82) is 0 Å². The zero-order valence-corrected chi connectivity index (χ0v) is 17.9. The first-order valence-corrected chi connectivity index (χ1v) is 9.13. The number of amides is 2. The molecule has 0 aliphatic carbocycles. The molecule has 0 radical (unpaired) electrons. The Hall–Kier alpha value is -3.30. The van der Waals surface area contributed by atoms with Crippen LogP contribution in [-0.4, -0.2) is 46.5 Å². The van der Waals surface area contributed by atoms with Gasteiger partial charge in [-0.15, -0.1) is 0 Å². The Morgan fingerprint density at radius 2 is 1.60 bits per heavy atom. The number of ether oxygens (including phenoxy) is 3. The van der Waals surface area contributed by atoms with E-state index in [4.69, 9.17) is 19.9 Å². The van der Waals surface area contributed by atoms with Crippen LogP contribution in [0.4, 0.5) is 9.59 Å². The maximum atomic E-state index is 11.9. The van der Waals surface area contributed by atoms with Gasteiger partial charge in [0.2, 0.25) is 5.91 Å². The van der Waals surface area contributed by atoms with Crippen molar-refractivity contribution < 1.29 is 38.5 Å². The number of hydrogen-bond acceptors (Lipinski definition) is 7. The number of carboxylic acid groups (broad SMARTS) is 1. The number of nitrogens with two attached hydrogens (primary N) is 1. The lowest BCUT2D eigenvalue weighted by atomic mass is 9.99. The Bertz CT molecular complexity index is 821. The van der Waals surface area contributed by atoms with Gasteiger partial charge in [0.05, 0.1) is 0 Å². The first kappa shape index (κ1) is 24.7. The second-order valence-corrected chi connectivity index (χ2v) is 8.49. The molecule has 166 valence electrons. The van der Waals surface area contributed by atoms with Crippen LogP contribution in [0.3, 0.4) is 0 Å². The van der Waals surface area contributed by atoms with E-state index in [9.17, 15) is 24.3 Å².